The van der Waals surface area contributed by atoms with Gasteiger partial charge in [0.25, 0.3) is 0 Å². The molecule has 0 saturated carbocycles. The zero-order valence-corrected chi connectivity index (χ0v) is 10.3. The third-order valence-corrected chi connectivity index (χ3v) is 2.55. The molecule has 2 N–H and O–H groups in total. The minimum Gasteiger partial charge on any atom is -0.326 e. The van der Waals surface area contributed by atoms with Gasteiger partial charge in [0.15, 0.2) is 0 Å². The van der Waals surface area contributed by atoms with Crippen LogP contribution in [0, 0.1) is 0 Å². The first-order valence-corrected chi connectivity index (χ1v) is 5.79. The molecule has 0 saturated heterocycles. The highest BCUT2D eigenvalue weighted by atomic mass is 35.5. The maximum atomic E-state index is 10.9. The van der Waals surface area contributed by atoms with Gasteiger partial charge in [0.2, 0.25) is 5.91 Å². The van der Waals surface area contributed by atoms with E-state index in [1.54, 1.807) is 0 Å². The summed E-state index contributed by atoms with van der Waals surface area (Å²) >= 11 is 6.22. The molecule has 0 aliphatic rings. The summed E-state index contributed by atoms with van der Waals surface area (Å²) in [6, 6.07) is 7.60. The van der Waals surface area contributed by atoms with Crippen LogP contribution in [0.4, 0.5) is 5.69 Å². The highest BCUT2D eigenvalue weighted by Crippen LogP contribution is 2.22. The number of carbonyl (C=O) groups excluding carboxylic acids is 1. The fourth-order valence-corrected chi connectivity index (χ4v) is 1.65. The molecule has 0 heterocycles. The summed E-state index contributed by atoms with van der Waals surface area (Å²) in [6.45, 7) is 5.15. The third kappa shape index (κ3) is 4.21. The number of amides is 1. The molecule has 1 atom stereocenters. The molecule has 0 spiro atoms. The number of benzene rings is 1. The minimum atomic E-state index is -0.0753. The van der Waals surface area contributed by atoms with Crippen molar-refractivity contribution in [3.05, 3.63) is 29.8 Å². The van der Waals surface area contributed by atoms with Crippen molar-refractivity contribution in [3.63, 3.8) is 0 Å². The van der Waals surface area contributed by atoms with Crippen LogP contribution in [0.5, 0.6) is 0 Å². The largest absolute Gasteiger partial charge is 0.326 e. The van der Waals surface area contributed by atoms with E-state index in [4.69, 9.17) is 11.6 Å². The van der Waals surface area contributed by atoms with Crippen molar-refractivity contribution < 1.29 is 4.79 Å². The van der Waals surface area contributed by atoms with Crippen LogP contribution in [-0.2, 0) is 4.79 Å². The summed E-state index contributed by atoms with van der Waals surface area (Å²) in [5, 5.41) is 5.85. The Bertz CT molecular complexity index is 355. The molecule has 1 unspecified atom stereocenters. The topological polar surface area (TPSA) is 41.1 Å². The average molecular weight is 241 g/mol. The van der Waals surface area contributed by atoms with Crippen molar-refractivity contribution in [3.8, 4) is 0 Å². The van der Waals surface area contributed by atoms with Gasteiger partial charge in [-0.2, -0.15) is 0 Å². The van der Waals surface area contributed by atoms with Gasteiger partial charge in [0.05, 0.1) is 5.38 Å². The maximum Gasteiger partial charge on any atom is 0.221 e. The Labute approximate surface area is 101 Å². The summed E-state index contributed by atoms with van der Waals surface area (Å²) < 4.78 is 0. The summed E-state index contributed by atoms with van der Waals surface area (Å²) in [6.07, 6.45) is 0. The SMILES string of the molecule is CCNCC(Cl)c1cccc(NC(C)=O)c1. The fraction of sp³-hybridized carbons (Fsp3) is 0.417. The molecule has 1 amide bonds. The first-order chi connectivity index (χ1) is 7.63. The molecule has 0 radical (unpaired) electrons. The predicted molar refractivity (Wildman–Crippen MR) is 67.9 cm³/mol. The van der Waals surface area contributed by atoms with Gasteiger partial charge in [-0.1, -0.05) is 19.1 Å². The summed E-state index contributed by atoms with van der Waals surface area (Å²) in [7, 11) is 0. The van der Waals surface area contributed by atoms with Gasteiger partial charge in [-0.05, 0) is 24.2 Å². The van der Waals surface area contributed by atoms with Gasteiger partial charge in [-0.3, -0.25) is 4.79 Å². The highest BCUT2D eigenvalue weighted by Gasteiger charge is 2.07. The van der Waals surface area contributed by atoms with Crippen LogP contribution in [0.2, 0.25) is 0 Å². The molecule has 3 nitrogen and oxygen atoms in total. The Kier molecular flexibility index (Phi) is 5.29. The summed E-state index contributed by atoms with van der Waals surface area (Å²) in [4.78, 5) is 10.9. The lowest BCUT2D eigenvalue weighted by molar-refractivity contribution is -0.114. The zero-order valence-electron chi connectivity index (χ0n) is 9.59. The normalized spacial score (nSPS) is 12.2. The second-order valence-electron chi connectivity index (χ2n) is 3.58. The lowest BCUT2D eigenvalue weighted by Gasteiger charge is -2.11. The van der Waals surface area contributed by atoms with Gasteiger partial charge in [0, 0.05) is 19.2 Å². The molecule has 1 rings (SSSR count). The van der Waals surface area contributed by atoms with E-state index < -0.39 is 0 Å². The Morgan fingerprint density at radius 3 is 2.88 bits per heavy atom. The van der Waals surface area contributed by atoms with Gasteiger partial charge in [-0.25, -0.2) is 0 Å². The molecule has 0 aliphatic heterocycles. The van der Waals surface area contributed by atoms with Gasteiger partial charge < -0.3 is 10.6 Å². The summed E-state index contributed by atoms with van der Waals surface area (Å²) in [5.74, 6) is -0.0741. The Balaban J connectivity index is 2.69. The van der Waals surface area contributed by atoms with Gasteiger partial charge in [-0.15, -0.1) is 11.6 Å². The molecule has 0 aromatic heterocycles. The number of likely N-dealkylation sites (N-methyl/N-ethyl adjacent to an activating group) is 1. The molecule has 4 heteroatoms. The molecule has 0 fully saturated rings. The van der Waals surface area contributed by atoms with E-state index in [9.17, 15) is 4.79 Å². The number of hydrogen-bond donors (Lipinski definition) is 2. The predicted octanol–water partition coefficient (Wildman–Crippen LogP) is 2.53. The van der Waals surface area contributed by atoms with Crippen LogP contribution in [-0.4, -0.2) is 19.0 Å². The quantitative estimate of drug-likeness (QED) is 0.777. The molecule has 88 valence electrons. The molecule has 1 aromatic rings. The molecule has 0 bridgehead atoms. The van der Waals surface area contributed by atoms with E-state index in [2.05, 4.69) is 10.6 Å². The highest BCUT2D eigenvalue weighted by molar-refractivity contribution is 6.21. The van der Waals surface area contributed by atoms with E-state index in [-0.39, 0.29) is 11.3 Å². The van der Waals surface area contributed by atoms with Crippen LogP contribution in [0.1, 0.15) is 24.8 Å². The Morgan fingerprint density at radius 1 is 1.50 bits per heavy atom. The Morgan fingerprint density at radius 2 is 2.25 bits per heavy atom. The van der Waals surface area contributed by atoms with Crippen molar-refractivity contribution in [2.75, 3.05) is 18.4 Å². The van der Waals surface area contributed by atoms with Crippen molar-refractivity contribution in [2.45, 2.75) is 19.2 Å². The second-order valence-corrected chi connectivity index (χ2v) is 4.11. The Hall–Kier alpha value is -1.06. The second kappa shape index (κ2) is 6.51. The molecular formula is C12H17ClN2O. The van der Waals surface area contributed by atoms with E-state index >= 15 is 0 Å². The van der Waals surface area contributed by atoms with Crippen LogP contribution in [0.15, 0.2) is 24.3 Å². The smallest absolute Gasteiger partial charge is 0.221 e. The number of hydrogen-bond acceptors (Lipinski definition) is 2. The van der Waals surface area contributed by atoms with Crippen molar-refractivity contribution in [2.24, 2.45) is 0 Å². The summed E-state index contributed by atoms with van der Waals surface area (Å²) in [5.41, 5.74) is 1.79. The molecule has 0 aliphatic carbocycles. The van der Waals surface area contributed by atoms with Gasteiger partial charge >= 0.3 is 0 Å². The van der Waals surface area contributed by atoms with Crippen LogP contribution in [0.3, 0.4) is 0 Å². The molecule has 16 heavy (non-hydrogen) atoms. The van der Waals surface area contributed by atoms with Crippen molar-refractivity contribution >= 4 is 23.2 Å². The van der Waals surface area contributed by atoms with Crippen LogP contribution in [0.25, 0.3) is 0 Å². The monoisotopic (exact) mass is 240 g/mol. The third-order valence-electron chi connectivity index (χ3n) is 2.14. The zero-order chi connectivity index (χ0) is 12.0. The molecular weight excluding hydrogens is 224 g/mol. The van der Waals surface area contributed by atoms with E-state index in [0.29, 0.717) is 0 Å². The first-order valence-electron chi connectivity index (χ1n) is 5.35. The van der Waals surface area contributed by atoms with Crippen LogP contribution < -0.4 is 10.6 Å². The molecule has 1 aromatic carbocycles. The average Bonchev–Trinajstić information content (AvgIpc) is 2.25. The van der Waals surface area contributed by atoms with E-state index in [1.165, 1.54) is 6.92 Å². The number of anilines is 1. The minimum absolute atomic E-state index is 0.0741. The number of halogens is 1. The number of nitrogens with one attached hydrogen (secondary N) is 2. The van der Waals surface area contributed by atoms with E-state index in [1.807, 2.05) is 31.2 Å². The maximum absolute atomic E-state index is 10.9. The standard InChI is InChI=1S/C12H17ClN2O/c1-3-14-8-12(13)10-5-4-6-11(7-10)15-9(2)16/h4-7,12,14H,3,8H2,1-2H3,(H,15,16). The van der Waals surface area contributed by atoms with E-state index in [0.717, 1.165) is 24.3 Å². The number of carbonyl (C=O) groups is 1. The van der Waals surface area contributed by atoms with Crippen molar-refractivity contribution in [1.82, 2.24) is 5.32 Å². The van der Waals surface area contributed by atoms with Crippen LogP contribution >= 0.6 is 11.6 Å². The first kappa shape index (κ1) is 13.0. The lowest BCUT2D eigenvalue weighted by Crippen LogP contribution is -2.18. The number of alkyl halides is 1. The lowest BCUT2D eigenvalue weighted by atomic mass is 10.1. The van der Waals surface area contributed by atoms with Crippen molar-refractivity contribution in [1.29, 1.82) is 0 Å². The van der Waals surface area contributed by atoms with Gasteiger partial charge in [0.1, 0.15) is 0 Å². The number of rotatable bonds is 5. The fourth-order valence-electron chi connectivity index (χ4n) is 1.40.